The molecule has 0 saturated heterocycles. The summed E-state index contributed by atoms with van der Waals surface area (Å²) in [5, 5.41) is 0. The van der Waals surface area contributed by atoms with Gasteiger partial charge in [-0.15, -0.1) is 0 Å². The molecule has 1 aromatic heterocycles. The maximum absolute atomic E-state index is 12.6. The molecular formula is C28H32F2N2O7. The predicted octanol–water partition coefficient (Wildman–Crippen LogP) is 4.66. The lowest BCUT2D eigenvalue weighted by molar-refractivity contribution is -0.147. The fourth-order valence-electron chi connectivity index (χ4n) is 2.90. The summed E-state index contributed by atoms with van der Waals surface area (Å²) in [5.41, 5.74) is 5.90. The van der Waals surface area contributed by atoms with Crippen molar-refractivity contribution in [2.75, 3.05) is 14.2 Å². The van der Waals surface area contributed by atoms with E-state index in [4.69, 9.17) is 24.7 Å². The number of benzene rings is 2. The van der Waals surface area contributed by atoms with E-state index in [1.54, 1.807) is 31.2 Å². The molecule has 3 rings (SSSR count). The van der Waals surface area contributed by atoms with Crippen molar-refractivity contribution in [3.63, 3.8) is 0 Å². The third-order valence-corrected chi connectivity index (χ3v) is 4.66. The summed E-state index contributed by atoms with van der Waals surface area (Å²) in [7, 11) is 2.89. The standard InChI is InChI=1S/C12H15FO2.C9H10N2O4.C7H7FO/c1-3-12(14)15-9(2)8-10-4-6-11(13)7-5-10;1-5(12)15-8-6(14-2)3-4-11-7(8)9(10)13;1-9-7-4-2-3-6(8)5-7/h4-7,9H,3,8H2,1-2H3;3-4H,1-2H3,(H2,10,13);2-5H,1H3. The van der Waals surface area contributed by atoms with E-state index in [1.165, 1.54) is 57.7 Å². The normalized spacial score (nSPS) is 10.4. The molecule has 210 valence electrons. The van der Waals surface area contributed by atoms with Crippen LogP contribution in [0, 0.1) is 11.6 Å². The van der Waals surface area contributed by atoms with Crippen molar-refractivity contribution in [3.05, 3.63) is 83.7 Å². The van der Waals surface area contributed by atoms with Crippen LogP contribution in [-0.4, -0.2) is 43.2 Å². The van der Waals surface area contributed by atoms with Crippen LogP contribution in [0.15, 0.2) is 60.8 Å². The van der Waals surface area contributed by atoms with Gasteiger partial charge in [0, 0.05) is 38.1 Å². The van der Waals surface area contributed by atoms with Gasteiger partial charge >= 0.3 is 11.9 Å². The zero-order chi connectivity index (χ0) is 29.4. The Hall–Kier alpha value is -4.54. The van der Waals surface area contributed by atoms with E-state index in [0.29, 0.717) is 18.6 Å². The highest BCUT2D eigenvalue weighted by molar-refractivity contribution is 5.95. The van der Waals surface area contributed by atoms with Gasteiger partial charge in [-0.05, 0) is 36.8 Å². The lowest BCUT2D eigenvalue weighted by atomic mass is 10.1. The van der Waals surface area contributed by atoms with Crippen LogP contribution in [0.3, 0.4) is 0 Å². The highest BCUT2D eigenvalue weighted by atomic mass is 19.1. The van der Waals surface area contributed by atoms with Crippen LogP contribution in [-0.2, 0) is 20.7 Å². The number of carbonyl (C=O) groups excluding carboxylic acids is 3. The molecule has 0 aliphatic carbocycles. The van der Waals surface area contributed by atoms with Gasteiger partial charge in [0.05, 0.1) is 14.2 Å². The highest BCUT2D eigenvalue weighted by Crippen LogP contribution is 2.29. The second-order valence-corrected chi connectivity index (χ2v) is 7.79. The van der Waals surface area contributed by atoms with Crippen LogP contribution >= 0.6 is 0 Å². The smallest absolute Gasteiger partial charge is 0.308 e. The van der Waals surface area contributed by atoms with Gasteiger partial charge in [0.1, 0.15) is 23.5 Å². The van der Waals surface area contributed by atoms with Crippen LogP contribution < -0.4 is 19.9 Å². The average Bonchev–Trinajstić information content (AvgIpc) is 2.90. The van der Waals surface area contributed by atoms with Crippen molar-refractivity contribution in [1.82, 2.24) is 4.98 Å². The third kappa shape index (κ3) is 12.5. The van der Waals surface area contributed by atoms with E-state index < -0.39 is 11.9 Å². The van der Waals surface area contributed by atoms with Gasteiger partial charge in [0.15, 0.2) is 11.4 Å². The zero-order valence-electron chi connectivity index (χ0n) is 22.4. The van der Waals surface area contributed by atoms with E-state index in [-0.39, 0.29) is 40.9 Å². The SMILES string of the molecule is CCC(=O)OC(C)Cc1ccc(F)cc1.COc1cccc(F)c1.COc1ccnc(C(N)=O)c1OC(C)=O. The molecule has 2 N–H and O–H groups in total. The van der Waals surface area contributed by atoms with Crippen molar-refractivity contribution >= 4 is 17.8 Å². The molecule has 0 aliphatic heterocycles. The topological polar surface area (TPSA) is 127 Å². The summed E-state index contributed by atoms with van der Waals surface area (Å²) in [5.74, 6) is -1.37. The van der Waals surface area contributed by atoms with Crippen LogP contribution in [0.5, 0.6) is 17.2 Å². The van der Waals surface area contributed by atoms with Crippen LogP contribution in [0.2, 0.25) is 0 Å². The number of methoxy groups -OCH3 is 2. The van der Waals surface area contributed by atoms with Crippen molar-refractivity contribution in [2.45, 2.75) is 39.7 Å². The second-order valence-electron chi connectivity index (χ2n) is 7.79. The summed E-state index contributed by atoms with van der Waals surface area (Å²) in [4.78, 5) is 36.5. The second kappa shape index (κ2) is 17.1. The third-order valence-electron chi connectivity index (χ3n) is 4.66. The molecule has 1 unspecified atom stereocenters. The highest BCUT2D eigenvalue weighted by Gasteiger charge is 2.18. The molecule has 9 nitrogen and oxygen atoms in total. The number of halogens is 2. The number of ether oxygens (including phenoxy) is 4. The average molecular weight is 547 g/mol. The molecule has 2 aromatic carbocycles. The van der Waals surface area contributed by atoms with E-state index in [1.807, 2.05) is 6.92 Å². The molecule has 0 aliphatic rings. The first-order chi connectivity index (χ1) is 18.5. The Morgan fingerprint density at radius 2 is 1.64 bits per heavy atom. The Morgan fingerprint density at radius 1 is 0.974 bits per heavy atom. The summed E-state index contributed by atoms with van der Waals surface area (Å²) in [6.07, 6.45) is 2.18. The molecule has 0 fully saturated rings. The molecule has 11 heteroatoms. The Balaban J connectivity index is 0.000000302. The van der Waals surface area contributed by atoms with E-state index in [0.717, 1.165) is 5.56 Å². The van der Waals surface area contributed by atoms with Crippen LogP contribution in [0.25, 0.3) is 0 Å². The van der Waals surface area contributed by atoms with Gasteiger partial charge in [0.25, 0.3) is 5.91 Å². The van der Waals surface area contributed by atoms with E-state index >= 15 is 0 Å². The molecule has 39 heavy (non-hydrogen) atoms. The maximum Gasteiger partial charge on any atom is 0.308 e. The molecule has 0 bridgehead atoms. The van der Waals surface area contributed by atoms with E-state index in [2.05, 4.69) is 4.98 Å². The summed E-state index contributed by atoms with van der Waals surface area (Å²) in [6, 6.07) is 13.7. The Morgan fingerprint density at radius 3 is 2.13 bits per heavy atom. The predicted molar refractivity (Wildman–Crippen MR) is 140 cm³/mol. The molecule has 3 aromatic rings. The Kier molecular flexibility index (Phi) is 14.2. The number of hydrogen-bond donors (Lipinski definition) is 1. The number of hydrogen-bond acceptors (Lipinski definition) is 8. The van der Waals surface area contributed by atoms with Gasteiger partial charge in [-0.1, -0.05) is 25.1 Å². The molecule has 0 radical (unpaired) electrons. The maximum atomic E-state index is 12.6. The van der Waals surface area contributed by atoms with Crippen molar-refractivity contribution in [1.29, 1.82) is 0 Å². The fraction of sp³-hybridized carbons (Fsp3) is 0.286. The zero-order valence-corrected chi connectivity index (χ0v) is 22.4. The number of esters is 2. The number of nitrogens with two attached hydrogens (primary N) is 1. The molecule has 1 atom stereocenters. The lowest BCUT2D eigenvalue weighted by Crippen LogP contribution is -2.16. The van der Waals surface area contributed by atoms with E-state index in [9.17, 15) is 23.2 Å². The fourth-order valence-corrected chi connectivity index (χ4v) is 2.90. The van der Waals surface area contributed by atoms with Crippen LogP contribution in [0.1, 0.15) is 43.2 Å². The number of carbonyl (C=O) groups is 3. The Labute approximate surface area is 225 Å². The molecule has 0 saturated carbocycles. The summed E-state index contributed by atoms with van der Waals surface area (Å²) >= 11 is 0. The van der Waals surface area contributed by atoms with Gasteiger partial charge in [0.2, 0.25) is 5.75 Å². The number of pyridine rings is 1. The largest absolute Gasteiger partial charge is 0.497 e. The number of nitrogens with zero attached hydrogens (tertiary/aromatic N) is 1. The number of primary amides is 1. The number of aromatic nitrogens is 1. The van der Waals surface area contributed by atoms with Gasteiger partial charge in [-0.3, -0.25) is 14.4 Å². The molecule has 0 spiro atoms. The molecule has 1 amide bonds. The number of amides is 1. The summed E-state index contributed by atoms with van der Waals surface area (Å²) < 4.78 is 44.4. The van der Waals surface area contributed by atoms with Gasteiger partial charge in [-0.25, -0.2) is 13.8 Å². The lowest BCUT2D eigenvalue weighted by Gasteiger charge is -2.12. The van der Waals surface area contributed by atoms with Gasteiger partial charge in [-0.2, -0.15) is 0 Å². The Bertz CT molecular complexity index is 1220. The minimum Gasteiger partial charge on any atom is -0.497 e. The summed E-state index contributed by atoms with van der Waals surface area (Å²) in [6.45, 7) is 4.79. The van der Waals surface area contributed by atoms with Crippen LogP contribution in [0.4, 0.5) is 8.78 Å². The van der Waals surface area contributed by atoms with Gasteiger partial charge < -0.3 is 24.7 Å². The molecular weight excluding hydrogens is 514 g/mol. The molecule has 1 heterocycles. The first kappa shape index (κ1) is 32.5. The monoisotopic (exact) mass is 546 g/mol. The quantitative estimate of drug-likeness (QED) is 0.404. The van der Waals surface area contributed by atoms with Crippen molar-refractivity contribution in [2.24, 2.45) is 5.73 Å². The number of rotatable bonds is 8. The minimum absolute atomic E-state index is 0.0556. The first-order valence-electron chi connectivity index (χ1n) is 11.7. The van der Waals surface area contributed by atoms with Crippen molar-refractivity contribution < 1.29 is 42.1 Å². The first-order valence-corrected chi connectivity index (χ1v) is 11.7. The minimum atomic E-state index is -0.787. The van der Waals surface area contributed by atoms with Crippen molar-refractivity contribution in [3.8, 4) is 17.2 Å².